The molecule has 0 aliphatic carbocycles. The minimum Gasteiger partial charge on any atom is -0.508 e. The van der Waals surface area contributed by atoms with Crippen LogP contribution < -0.4 is 15.4 Å². The number of carbonyl (C=O) groups excluding carboxylic acids is 2. The minimum atomic E-state index is -0.644. The zero-order chi connectivity index (χ0) is 22.6. The summed E-state index contributed by atoms with van der Waals surface area (Å²) in [7, 11) is 0. The molecule has 0 radical (unpaired) electrons. The molecule has 0 fully saturated rings. The molecule has 0 bridgehead atoms. The molecule has 0 atom stereocenters. The number of hydrogen-bond acceptors (Lipinski definition) is 5. The van der Waals surface area contributed by atoms with Crippen molar-refractivity contribution >= 4 is 23.6 Å². The third-order valence-electron chi connectivity index (χ3n) is 4.87. The smallest absolute Gasteiger partial charge is 0.309 e. The molecule has 0 aromatic heterocycles. The Labute approximate surface area is 191 Å². The molecule has 0 unspecified atom stereocenters. The molecule has 3 N–H and O–H groups in total. The summed E-state index contributed by atoms with van der Waals surface area (Å²) in [5.41, 5.74) is 0. The number of hydrogen-bond donors (Lipinski definition) is 3. The van der Waals surface area contributed by atoms with Gasteiger partial charge in [0.1, 0.15) is 18.1 Å². The van der Waals surface area contributed by atoms with Gasteiger partial charge >= 0.3 is 11.8 Å². The lowest BCUT2D eigenvalue weighted by Crippen LogP contribution is -2.42. The lowest BCUT2D eigenvalue weighted by molar-refractivity contribution is -0.139. The number of carbonyl (C=O) groups is 2. The van der Waals surface area contributed by atoms with Gasteiger partial charge in [-0.25, -0.2) is 0 Å². The van der Waals surface area contributed by atoms with Crippen LogP contribution in [0.1, 0.15) is 71.1 Å². The first-order valence-electron chi connectivity index (χ1n) is 11.7. The first-order chi connectivity index (χ1) is 15.1. The number of unbranched alkanes of at least 4 members (excludes halogenated alkanes) is 9. The topological polar surface area (TPSA) is 87.7 Å². The van der Waals surface area contributed by atoms with Crippen molar-refractivity contribution in [1.82, 2.24) is 10.6 Å². The number of aromatic hydroxyl groups is 1. The van der Waals surface area contributed by atoms with Crippen molar-refractivity contribution < 1.29 is 19.4 Å². The highest BCUT2D eigenvalue weighted by molar-refractivity contribution is 7.99. The second kappa shape index (κ2) is 18.8. The normalized spacial score (nSPS) is 10.6. The van der Waals surface area contributed by atoms with E-state index in [1.54, 1.807) is 12.1 Å². The van der Waals surface area contributed by atoms with Gasteiger partial charge in [0.15, 0.2) is 0 Å². The molecule has 0 saturated carbocycles. The summed E-state index contributed by atoms with van der Waals surface area (Å²) in [4.78, 5) is 23.5. The minimum absolute atomic E-state index is 0.166. The molecule has 1 rings (SSSR count). The van der Waals surface area contributed by atoms with Crippen LogP contribution in [0.15, 0.2) is 24.3 Å². The van der Waals surface area contributed by atoms with Crippen LogP contribution in [0, 0.1) is 0 Å². The van der Waals surface area contributed by atoms with E-state index >= 15 is 0 Å². The summed E-state index contributed by atoms with van der Waals surface area (Å²) in [5.74, 6) is 1.43. The molecule has 0 aliphatic rings. The summed E-state index contributed by atoms with van der Waals surface area (Å²) in [6.07, 6.45) is 13.4. The first-order valence-corrected chi connectivity index (χ1v) is 12.8. The molecule has 0 saturated heterocycles. The van der Waals surface area contributed by atoms with Gasteiger partial charge in [-0.05, 0) is 36.4 Å². The molecule has 7 heteroatoms. The Morgan fingerprint density at radius 1 is 0.806 bits per heavy atom. The Morgan fingerprint density at radius 2 is 1.35 bits per heavy atom. The monoisotopic (exact) mass is 452 g/mol. The number of nitrogens with one attached hydrogen (secondary N) is 2. The number of rotatable bonds is 18. The Bertz CT molecular complexity index is 596. The summed E-state index contributed by atoms with van der Waals surface area (Å²) < 4.78 is 5.42. The van der Waals surface area contributed by atoms with Gasteiger partial charge in [0, 0.05) is 12.3 Å². The highest BCUT2D eigenvalue weighted by atomic mass is 32.2. The van der Waals surface area contributed by atoms with E-state index in [-0.39, 0.29) is 18.9 Å². The highest BCUT2D eigenvalue weighted by Crippen LogP contribution is 2.15. The molecule has 1 aromatic carbocycles. The second-order valence-corrected chi connectivity index (χ2v) is 8.87. The third-order valence-corrected chi connectivity index (χ3v) is 5.94. The summed E-state index contributed by atoms with van der Waals surface area (Å²) in [6.45, 7) is 3.24. The lowest BCUT2D eigenvalue weighted by Gasteiger charge is -2.08. The molecular formula is C24H40N2O4S. The van der Waals surface area contributed by atoms with E-state index < -0.39 is 11.8 Å². The van der Waals surface area contributed by atoms with Gasteiger partial charge in [0.05, 0.1) is 6.54 Å². The molecule has 176 valence electrons. The van der Waals surface area contributed by atoms with Gasteiger partial charge in [-0.15, -0.1) is 0 Å². The zero-order valence-corrected chi connectivity index (χ0v) is 19.8. The summed E-state index contributed by atoms with van der Waals surface area (Å²) in [6, 6.07) is 6.32. The lowest BCUT2D eigenvalue weighted by atomic mass is 10.1. The molecule has 31 heavy (non-hydrogen) atoms. The standard InChI is InChI=1S/C24H40N2O4S/c1-2-3-4-5-6-7-8-9-10-11-19-31-20-17-26-24(29)23(28)25-16-18-30-22-14-12-21(27)13-15-22/h12-15,27H,2-11,16-20H2,1H3,(H,25,28)(H,26,29). The summed E-state index contributed by atoms with van der Waals surface area (Å²) >= 11 is 1.82. The highest BCUT2D eigenvalue weighted by Gasteiger charge is 2.11. The van der Waals surface area contributed by atoms with E-state index in [0.29, 0.717) is 12.3 Å². The van der Waals surface area contributed by atoms with Gasteiger partial charge in [0.2, 0.25) is 0 Å². The predicted octanol–water partition coefficient (Wildman–Crippen LogP) is 4.66. The number of ether oxygens (including phenoxy) is 1. The number of benzene rings is 1. The maximum Gasteiger partial charge on any atom is 0.309 e. The van der Waals surface area contributed by atoms with E-state index in [1.165, 1.54) is 76.3 Å². The van der Waals surface area contributed by atoms with Crippen LogP contribution in [0.25, 0.3) is 0 Å². The SMILES string of the molecule is CCCCCCCCCCCCSCCNC(=O)C(=O)NCCOc1ccc(O)cc1. The van der Waals surface area contributed by atoms with Crippen LogP contribution in [-0.4, -0.2) is 48.1 Å². The summed E-state index contributed by atoms with van der Waals surface area (Å²) in [5, 5.41) is 14.4. The zero-order valence-electron chi connectivity index (χ0n) is 19.0. The van der Waals surface area contributed by atoms with Crippen molar-refractivity contribution in [3.63, 3.8) is 0 Å². The van der Waals surface area contributed by atoms with Crippen LogP contribution in [0.3, 0.4) is 0 Å². The van der Waals surface area contributed by atoms with E-state index in [2.05, 4.69) is 17.6 Å². The van der Waals surface area contributed by atoms with Crippen LogP contribution >= 0.6 is 11.8 Å². The van der Waals surface area contributed by atoms with E-state index in [9.17, 15) is 14.7 Å². The first kappa shape index (κ1) is 27.1. The molecular weight excluding hydrogens is 412 g/mol. The fourth-order valence-corrected chi connectivity index (χ4v) is 3.93. The largest absolute Gasteiger partial charge is 0.508 e. The van der Waals surface area contributed by atoms with Crippen molar-refractivity contribution in [2.24, 2.45) is 0 Å². The van der Waals surface area contributed by atoms with Crippen molar-refractivity contribution in [3.8, 4) is 11.5 Å². The fraction of sp³-hybridized carbons (Fsp3) is 0.667. The van der Waals surface area contributed by atoms with Crippen LogP contribution in [0.5, 0.6) is 11.5 Å². The van der Waals surface area contributed by atoms with Crippen LogP contribution in [-0.2, 0) is 9.59 Å². The molecule has 6 nitrogen and oxygen atoms in total. The van der Waals surface area contributed by atoms with Gasteiger partial charge in [-0.1, -0.05) is 64.7 Å². The predicted molar refractivity (Wildman–Crippen MR) is 129 cm³/mol. The second-order valence-electron chi connectivity index (χ2n) is 7.65. The van der Waals surface area contributed by atoms with Crippen molar-refractivity contribution in [1.29, 1.82) is 0 Å². The number of thioether (sulfide) groups is 1. The molecule has 0 heterocycles. The quantitative estimate of drug-likeness (QED) is 0.223. The molecule has 0 spiro atoms. The molecule has 1 aromatic rings. The number of phenolic OH excluding ortho intramolecular Hbond substituents is 1. The average molecular weight is 453 g/mol. The number of amides is 2. The maximum atomic E-state index is 11.8. The van der Waals surface area contributed by atoms with Gasteiger partial charge in [0.25, 0.3) is 0 Å². The Morgan fingerprint density at radius 3 is 1.97 bits per heavy atom. The van der Waals surface area contributed by atoms with Gasteiger partial charge < -0.3 is 20.5 Å². The number of phenols is 1. The van der Waals surface area contributed by atoms with Gasteiger partial charge in [-0.2, -0.15) is 11.8 Å². The average Bonchev–Trinajstić information content (AvgIpc) is 2.77. The Balaban J connectivity index is 1.87. The third kappa shape index (κ3) is 15.5. The fourth-order valence-electron chi connectivity index (χ4n) is 3.07. The van der Waals surface area contributed by atoms with E-state index in [4.69, 9.17) is 4.74 Å². The Kier molecular flexibility index (Phi) is 16.5. The van der Waals surface area contributed by atoms with E-state index in [1.807, 2.05) is 11.8 Å². The Hall–Kier alpha value is -1.89. The van der Waals surface area contributed by atoms with Crippen molar-refractivity contribution in [3.05, 3.63) is 24.3 Å². The molecule has 2 amide bonds. The maximum absolute atomic E-state index is 11.8. The van der Waals surface area contributed by atoms with Crippen molar-refractivity contribution in [2.75, 3.05) is 31.2 Å². The van der Waals surface area contributed by atoms with Crippen LogP contribution in [0.4, 0.5) is 0 Å². The van der Waals surface area contributed by atoms with Crippen LogP contribution in [0.2, 0.25) is 0 Å². The van der Waals surface area contributed by atoms with E-state index in [0.717, 1.165) is 11.5 Å². The molecule has 0 aliphatic heterocycles. The van der Waals surface area contributed by atoms with Crippen molar-refractivity contribution in [2.45, 2.75) is 71.1 Å². The van der Waals surface area contributed by atoms with Gasteiger partial charge in [-0.3, -0.25) is 9.59 Å².